The highest BCUT2D eigenvalue weighted by Crippen LogP contribution is 2.24. The number of ether oxygens (including phenoxy) is 1. The van der Waals surface area contributed by atoms with Gasteiger partial charge in [0.2, 0.25) is 5.60 Å². The van der Waals surface area contributed by atoms with Gasteiger partial charge in [0.25, 0.3) is 0 Å². The van der Waals surface area contributed by atoms with Crippen LogP contribution in [-0.4, -0.2) is 24.4 Å². The van der Waals surface area contributed by atoms with Crippen molar-refractivity contribution in [2.75, 3.05) is 7.11 Å². The summed E-state index contributed by atoms with van der Waals surface area (Å²) in [6.45, 7) is 3.48. The maximum absolute atomic E-state index is 11.1. The highest BCUT2D eigenvalue weighted by Gasteiger charge is 2.41. The Kier molecular flexibility index (Phi) is 1.85. The molecule has 0 aromatic rings. The molecule has 0 radical (unpaired) electrons. The Morgan fingerprint density at radius 2 is 2.45 bits per heavy atom. The fourth-order valence-electron chi connectivity index (χ4n) is 1.06. The van der Waals surface area contributed by atoms with Gasteiger partial charge in [-0.05, 0) is 13.8 Å². The molecular formula is C7H11NO3. The largest absolute Gasteiger partial charge is 0.466 e. The number of hydrogen-bond acceptors (Lipinski definition) is 4. The normalized spacial score (nSPS) is 29.2. The van der Waals surface area contributed by atoms with Crippen molar-refractivity contribution in [2.45, 2.75) is 25.9 Å². The van der Waals surface area contributed by atoms with Gasteiger partial charge in [0.05, 0.1) is 12.8 Å². The molecule has 1 heterocycles. The van der Waals surface area contributed by atoms with Crippen molar-refractivity contribution in [3.05, 3.63) is 0 Å². The highest BCUT2D eigenvalue weighted by molar-refractivity contribution is 5.91. The second kappa shape index (κ2) is 2.53. The van der Waals surface area contributed by atoms with Gasteiger partial charge in [-0.1, -0.05) is 5.16 Å². The smallest absolute Gasteiger partial charge is 0.353 e. The number of rotatable bonds is 1. The summed E-state index contributed by atoms with van der Waals surface area (Å²) in [4.78, 5) is 16.0. The zero-order valence-electron chi connectivity index (χ0n) is 6.88. The van der Waals surface area contributed by atoms with Crippen LogP contribution >= 0.6 is 0 Å². The zero-order valence-corrected chi connectivity index (χ0v) is 6.88. The first kappa shape index (κ1) is 8.04. The molecule has 4 heteroatoms. The van der Waals surface area contributed by atoms with Crippen molar-refractivity contribution < 1.29 is 14.4 Å². The Morgan fingerprint density at radius 3 is 2.82 bits per heavy atom. The minimum atomic E-state index is -0.890. The predicted octanol–water partition coefficient (Wildman–Crippen LogP) is 0.714. The van der Waals surface area contributed by atoms with Gasteiger partial charge in [-0.3, -0.25) is 0 Å². The topological polar surface area (TPSA) is 47.9 Å². The number of carbonyl (C=O) groups excluding carboxylic acids is 1. The lowest BCUT2D eigenvalue weighted by Crippen LogP contribution is -2.36. The minimum Gasteiger partial charge on any atom is -0.466 e. The summed E-state index contributed by atoms with van der Waals surface area (Å²) in [5, 5.41) is 3.67. The van der Waals surface area contributed by atoms with Gasteiger partial charge in [-0.25, -0.2) is 4.79 Å². The highest BCUT2D eigenvalue weighted by atomic mass is 16.7. The Labute approximate surface area is 65.2 Å². The average molecular weight is 157 g/mol. The second-order valence-electron chi connectivity index (χ2n) is 2.82. The maximum Gasteiger partial charge on any atom is 0.353 e. The maximum atomic E-state index is 11.1. The molecule has 0 aliphatic carbocycles. The number of methoxy groups -OCH3 is 1. The summed E-state index contributed by atoms with van der Waals surface area (Å²) >= 11 is 0. The van der Waals surface area contributed by atoms with Gasteiger partial charge in [0, 0.05) is 6.42 Å². The van der Waals surface area contributed by atoms with Gasteiger partial charge in [0.1, 0.15) is 0 Å². The van der Waals surface area contributed by atoms with Crippen molar-refractivity contribution in [3.8, 4) is 0 Å². The molecule has 0 spiro atoms. The minimum absolute atomic E-state index is 0.377. The van der Waals surface area contributed by atoms with Crippen LogP contribution in [0.3, 0.4) is 0 Å². The number of hydrogen-bond donors (Lipinski definition) is 0. The Morgan fingerprint density at radius 1 is 1.82 bits per heavy atom. The van der Waals surface area contributed by atoms with Gasteiger partial charge >= 0.3 is 5.97 Å². The number of nitrogens with zero attached hydrogens (tertiary/aromatic N) is 1. The van der Waals surface area contributed by atoms with Crippen LogP contribution in [-0.2, 0) is 14.4 Å². The third kappa shape index (κ3) is 1.34. The molecule has 0 saturated carbocycles. The number of esters is 1. The second-order valence-corrected chi connectivity index (χ2v) is 2.82. The fourth-order valence-corrected chi connectivity index (χ4v) is 1.06. The van der Waals surface area contributed by atoms with E-state index in [1.807, 2.05) is 6.92 Å². The Bertz CT molecular complexity index is 212. The van der Waals surface area contributed by atoms with Crippen molar-refractivity contribution in [3.63, 3.8) is 0 Å². The van der Waals surface area contributed by atoms with Crippen LogP contribution in [0.25, 0.3) is 0 Å². The van der Waals surface area contributed by atoms with Gasteiger partial charge in [-0.2, -0.15) is 0 Å². The lowest BCUT2D eigenvalue weighted by atomic mass is 10.0. The monoisotopic (exact) mass is 157 g/mol. The molecule has 0 fully saturated rings. The molecule has 1 aliphatic heterocycles. The van der Waals surface area contributed by atoms with E-state index in [-0.39, 0.29) is 5.97 Å². The van der Waals surface area contributed by atoms with Gasteiger partial charge in [-0.15, -0.1) is 0 Å². The van der Waals surface area contributed by atoms with Crippen LogP contribution in [0.5, 0.6) is 0 Å². The lowest BCUT2D eigenvalue weighted by molar-refractivity contribution is -0.164. The first-order chi connectivity index (χ1) is 5.08. The summed E-state index contributed by atoms with van der Waals surface area (Å²) in [6, 6.07) is 0. The molecule has 0 unspecified atom stereocenters. The van der Waals surface area contributed by atoms with E-state index in [9.17, 15) is 4.79 Å². The van der Waals surface area contributed by atoms with Gasteiger partial charge < -0.3 is 9.57 Å². The van der Waals surface area contributed by atoms with E-state index >= 15 is 0 Å². The van der Waals surface area contributed by atoms with Crippen molar-refractivity contribution in [1.29, 1.82) is 0 Å². The van der Waals surface area contributed by atoms with E-state index in [1.54, 1.807) is 6.92 Å². The molecule has 1 aliphatic rings. The number of carbonyl (C=O) groups is 1. The summed E-state index contributed by atoms with van der Waals surface area (Å²) in [6.07, 6.45) is 0.514. The van der Waals surface area contributed by atoms with E-state index in [0.29, 0.717) is 6.42 Å². The van der Waals surface area contributed by atoms with Crippen LogP contribution < -0.4 is 0 Å². The molecule has 0 aromatic heterocycles. The first-order valence-corrected chi connectivity index (χ1v) is 3.38. The molecule has 1 rings (SSSR count). The Hall–Kier alpha value is -1.06. The molecule has 1 atom stereocenters. The summed E-state index contributed by atoms with van der Waals surface area (Å²) in [7, 11) is 1.34. The SMILES string of the molecule is COC(=O)[C@@]1(C)CC(C)=NO1. The van der Waals surface area contributed by atoms with E-state index in [0.717, 1.165) is 5.71 Å². The van der Waals surface area contributed by atoms with Crippen molar-refractivity contribution in [1.82, 2.24) is 0 Å². The predicted molar refractivity (Wildman–Crippen MR) is 39.2 cm³/mol. The summed E-state index contributed by atoms with van der Waals surface area (Å²) in [5.41, 5.74) is -0.0725. The first-order valence-electron chi connectivity index (χ1n) is 3.38. The molecule has 0 aromatic carbocycles. The third-order valence-electron chi connectivity index (χ3n) is 1.61. The zero-order chi connectivity index (χ0) is 8.48. The van der Waals surface area contributed by atoms with E-state index in [1.165, 1.54) is 7.11 Å². The van der Waals surface area contributed by atoms with Crippen LogP contribution in [0.4, 0.5) is 0 Å². The summed E-state index contributed by atoms with van der Waals surface area (Å²) < 4.78 is 4.55. The fraction of sp³-hybridized carbons (Fsp3) is 0.714. The van der Waals surface area contributed by atoms with Crippen LogP contribution in [0.2, 0.25) is 0 Å². The third-order valence-corrected chi connectivity index (χ3v) is 1.61. The molecule has 62 valence electrons. The van der Waals surface area contributed by atoms with Crippen LogP contribution in [0, 0.1) is 0 Å². The molecular weight excluding hydrogens is 146 g/mol. The summed E-state index contributed by atoms with van der Waals surface area (Å²) in [5.74, 6) is -0.377. The van der Waals surface area contributed by atoms with E-state index in [2.05, 4.69) is 9.89 Å². The van der Waals surface area contributed by atoms with E-state index in [4.69, 9.17) is 4.84 Å². The van der Waals surface area contributed by atoms with E-state index < -0.39 is 5.60 Å². The number of oxime groups is 1. The molecule has 0 amide bonds. The molecule has 4 nitrogen and oxygen atoms in total. The molecule has 0 bridgehead atoms. The van der Waals surface area contributed by atoms with Crippen molar-refractivity contribution in [2.24, 2.45) is 5.16 Å². The van der Waals surface area contributed by atoms with Crippen molar-refractivity contribution >= 4 is 11.7 Å². The molecule has 0 saturated heterocycles. The van der Waals surface area contributed by atoms with Crippen LogP contribution in [0.15, 0.2) is 5.16 Å². The quantitative estimate of drug-likeness (QED) is 0.527. The van der Waals surface area contributed by atoms with Crippen LogP contribution in [0.1, 0.15) is 20.3 Å². The molecule has 11 heavy (non-hydrogen) atoms. The lowest BCUT2D eigenvalue weighted by Gasteiger charge is -2.17. The van der Waals surface area contributed by atoms with Gasteiger partial charge in [0.15, 0.2) is 0 Å². The Balaban J connectivity index is 2.66. The standard InChI is InChI=1S/C7H11NO3/c1-5-4-7(2,11-8-5)6(9)10-3/h4H2,1-3H3/t7-/m1/s1. The molecule has 0 N–H and O–H groups in total. The average Bonchev–Trinajstić information content (AvgIpc) is 2.31.